The molecule has 3 aromatic carbocycles. The van der Waals surface area contributed by atoms with Gasteiger partial charge in [0.25, 0.3) is 0 Å². The summed E-state index contributed by atoms with van der Waals surface area (Å²) < 4.78 is 2.12. The molecule has 1 heterocycles. The van der Waals surface area contributed by atoms with Crippen molar-refractivity contribution in [2.75, 3.05) is 0 Å². The van der Waals surface area contributed by atoms with E-state index in [4.69, 9.17) is 0 Å². The first kappa shape index (κ1) is 11.1. The lowest BCUT2D eigenvalue weighted by atomic mass is 10.0. The second kappa shape index (κ2) is 3.85. The molecule has 0 fully saturated rings. The van der Waals surface area contributed by atoms with Crippen molar-refractivity contribution in [3.63, 3.8) is 0 Å². The number of fused-ring (bicyclic) bond motifs is 5. The Hall–Kier alpha value is -2.79. The number of hydrogen-bond acceptors (Lipinski definition) is 1. The smallest absolute Gasteiger partial charge is 0.101 e. The van der Waals surface area contributed by atoms with E-state index in [2.05, 4.69) is 47.0 Å². The highest BCUT2D eigenvalue weighted by molar-refractivity contribution is 6.22. The van der Waals surface area contributed by atoms with E-state index < -0.39 is 0 Å². The van der Waals surface area contributed by atoms with E-state index in [0.717, 1.165) is 22.0 Å². The molecule has 4 rings (SSSR count). The van der Waals surface area contributed by atoms with Gasteiger partial charge in [-0.15, -0.1) is 0 Å². The molecular weight excluding hydrogens is 244 g/mol. The van der Waals surface area contributed by atoms with Gasteiger partial charge in [-0.2, -0.15) is 5.26 Å². The van der Waals surface area contributed by atoms with Crippen LogP contribution in [0.15, 0.2) is 54.6 Å². The lowest BCUT2D eigenvalue weighted by molar-refractivity contribution is 1.01. The second-order valence-corrected chi connectivity index (χ2v) is 5.06. The Bertz CT molecular complexity index is 1020. The summed E-state index contributed by atoms with van der Waals surface area (Å²) in [5.74, 6) is 0. The van der Waals surface area contributed by atoms with Crippen LogP contribution in [0.2, 0.25) is 0 Å². The van der Waals surface area contributed by atoms with E-state index in [1.54, 1.807) is 0 Å². The Morgan fingerprint density at radius 2 is 1.65 bits per heavy atom. The van der Waals surface area contributed by atoms with Crippen LogP contribution in [0.5, 0.6) is 0 Å². The molecule has 94 valence electrons. The highest BCUT2D eigenvalue weighted by Crippen LogP contribution is 2.35. The summed E-state index contributed by atoms with van der Waals surface area (Å²) in [6, 6.07) is 20.9. The largest absolute Gasteiger partial charge is 0.343 e. The first-order valence-electron chi connectivity index (χ1n) is 6.60. The molecule has 2 heteroatoms. The molecule has 0 radical (unpaired) electrons. The molecule has 1 aromatic heterocycles. The third kappa shape index (κ3) is 1.27. The van der Waals surface area contributed by atoms with Crippen LogP contribution in [-0.2, 0) is 7.05 Å². The number of para-hydroxylation sites is 1. The standard InChI is InChI=1S/C18H12N2/c1-20-16-9-5-4-8-15(16)17-14-7-3-2-6-12(14)10-13(11-19)18(17)20/h2-10H,1H3. The quantitative estimate of drug-likeness (QED) is 0.459. The fraction of sp³-hybridized carbons (Fsp3) is 0.0556. The monoisotopic (exact) mass is 256 g/mol. The van der Waals surface area contributed by atoms with Gasteiger partial charge in [-0.05, 0) is 22.9 Å². The van der Waals surface area contributed by atoms with E-state index in [1.807, 2.05) is 25.2 Å². The highest BCUT2D eigenvalue weighted by Gasteiger charge is 2.14. The summed E-state index contributed by atoms with van der Waals surface area (Å²) in [4.78, 5) is 0. The highest BCUT2D eigenvalue weighted by atomic mass is 14.9. The SMILES string of the molecule is Cn1c2ccccc2c2c3ccccc3cc(C#N)c21. The number of benzene rings is 3. The molecule has 0 aliphatic heterocycles. The molecular formula is C18H12N2. The topological polar surface area (TPSA) is 28.7 Å². The Kier molecular flexibility index (Phi) is 2.13. The molecule has 0 unspecified atom stereocenters. The maximum absolute atomic E-state index is 9.48. The van der Waals surface area contributed by atoms with Crippen LogP contribution in [0.1, 0.15) is 5.56 Å². The minimum Gasteiger partial charge on any atom is -0.343 e. The predicted octanol–water partition coefficient (Wildman–Crippen LogP) is 4.36. The van der Waals surface area contributed by atoms with Gasteiger partial charge in [0.1, 0.15) is 6.07 Å². The van der Waals surface area contributed by atoms with Gasteiger partial charge in [0.2, 0.25) is 0 Å². The van der Waals surface area contributed by atoms with E-state index in [-0.39, 0.29) is 0 Å². The van der Waals surface area contributed by atoms with Crippen molar-refractivity contribution in [1.82, 2.24) is 4.57 Å². The van der Waals surface area contributed by atoms with Gasteiger partial charge in [0.15, 0.2) is 0 Å². The van der Waals surface area contributed by atoms with E-state index in [9.17, 15) is 5.26 Å². The number of nitrogens with zero attached hydrogens (tertiary/aromatic N) is 2. The molecule has 0 aliphatic carbocycles. The van der Waals surface area contributed by atoms with Gasteiger partial charge in [-0.1, -0.05) is 42.5 Å². The lowest BCUT2D eigenvalue weighted by Gasteiger charge is -2.04. The molecule has 0 spiro atoms. The molecule has 0 atom stereocenters. The first-order valence-corrected chi connectivity index (χ1v) is 6.60. The van der Waals surface area contributed by atoms with Crippen LogP contribution >= 0.6 is 0 Å². The number of rotatable bonds is 0. The zero-order chi connectivity index (χ0) is 13.7. The van der Waals surface area contributed by atoms with Gasteiger partial charge in [-0.3, -0.25) is 0 Å². The van der Waals surface area contributed by atoms with Gasteiger partial charge < -0.3 is 4.57 Å². The summed E-state index contributed by atoms with van der Waals surface area (Å²) in [6.07, 6.45) is 0. The predicted molar refractivity (Wildman–Crippen MR) is 82.6 cm³/mol. The molecule has 4 aromatic rings. The van der Waals surface area contributed by atoms with Crippen molar-refractivity contribution >= 4 is 32.6 Å². The molecule has 20 heavy (non-hydrogen) atoms. The second-order valence-electron chi connectivity index (χ2n) is 5.06. The molecule has 0 amide bonds. The molecule has 0 saturated carbocycles. The van der Waals surface area contributed by atoms with Gasteiger partial charge in [-0.25, -0.2) is 0 Å². The molecule has 0 N–H and O–H groups in total. The van der Waals surface area contributed by atoms with Gasteiger partial charge >= 0.3 is 0 Å². The van der Waals surface area contributed by atoms with Crippen molar-refractivity contribution in [2.45, 2.75) is 0 Å². The van der Waals surface area contributed by atoms with Crippen LogP contribution < -0.4 is 0 Å². The molecule has 0 saturated heterocycles. The third-order valence-corrected chi connectivity index (χ3v) is 4.01. The molecule has 0 aliphatic rings. The maximum atomic E-state index is 9.48. The van der Waals surface area contributed by atoms with Crippen molar-refractivity contribution in [2.24, 2.45) is 7.05 Å². The fourth-order valence-corrected chi connectivity index (χ4v) is 3.14. The minimum atomic E-state index is 0.734. The molecule has 2 nitrogen and oxygen atoms in total. The van der Waals surface area contributed by atoms with Crippen molar-refractivity contribution in [1.29, 1.82) is 5.26 Å². The van der Waals surface area contributed by atoms with Crippen molar-refractivity contribution < 1.29 is 0 Å². The summed E-state index contributed by atoms with van der Waals surface area (Å²) in [7, 11) is 2.03. The number of aromatic nitrogens is 1. The molecule has 0 bridgehead atoms. The van der Waals surface area contributed by atoms with Crippen LogP contribution in [0.3, 0.4) is 0 Å². The fourth-order valence-electron chi connectivity index (χ4n) is 3.14. The minimum absolute atomic E-state index is 0.734. The van der Waals surface area contributed by atoms with Crippen LogP contribution in [0.25, 0.3) is 32.6 Å². The number of nitriles is 1. The Balaban J connectivity index is 2.45. The zero-order valence-corrected chi connectivity index (χ0v) is 11.1. The average Bonchev–Trinajstić information content (AvgIpc) is 2.81. The van der Waals surface area contributed by atoms with E-state index >= 15 is 0 Å². The summed E-state index contributed by atoms with van der Waals surface area (Å²) in [5.41, 5.74) is 2.92. The Labute approximate surface area is 116 Å². The van der Waals surface area contributed by atoms with Crippen LogP contribution in [0.4, 0.5) is 0 Å². The normalized spacial score (nSPS) is 11.2. The number of hydrogen-bond donors (Lipinski definition) is 0. The first-order chi connectivity index (χ1) is 9.81. The van der Waals surface area contributed by atoms with Crippen LogP contribution in [-0.4, -0.2) is 4.57 Å². The van der Waals surface area contributed by atoms with Crippen molar-refractivity contribution in [3.05, 3.63) is 60.2 Å². The van der Waals surface area contributed by atoms with Gasteiger partial charge in [0.05, 0.1) is 11.1 Å². The van der Waals surface area contributed by atoms with Gasteiger partial charge in [0, 0.05) is 23.3 Å². The third-order valence-electron chi connectivity index (χ3n) is 4.01. The zero-order valence-electron chi connectivity index (χ0n) is 11.1. The Morgan fingerprint density at radius 3 is 2.45 bits per heavy atom. The average molecular weight is 256 g/mol. The summed E-state index contributed by atoms with van der Waals surface area (Å²) >= 11 is 0. The van der Waals surface area contributed by atoms with Crippen LogP contribution in [0, 0.1) is 11.3 Å². The summed E-state index contributed by atoms with van der Waals surface area (Å²) in [5, 5.41) is 14.2. The summed E-state index contributed by atoms with van der Waals surface area (Å²) in [6.45, 7) is 0. The van der Waals surface area contributed by atoms with E-state index in [1.165, 1.54) is 16.2 Å². The van der Waals surface area contributed by atoms with Crippen molar-refractivity contribution in [3.8, 4) is 6.07 Å². The maximum Gasteiger partial charge on any atom is 0.101 e. The Morgan fingerprint density at radius 1 is 0.950 bits per heavy atom. The lowest BCUT2D eigenvalue weighted by Crippen LogP contribution is -1.90. The number of aryl methyl sites for hydroxylation is 1. The van der Waals surface area contributed by atoms with E-state index in [0.29, 0.717) is 0 Å².